The van der Waals surface area contributed by atoms with Crippen LogP contribution in [0.5, 0.6) is 0 Å². The van der Waals surface area contributed by atoms with Gasteiger partial charge in [0.05, 0.1) is 19.4 Å². The van der Waals surface area contributed by atoms with Crippen LogP contribution in [-0.2, 0) is 19.1 Å². The van der Waals surface area contributed by atoms with Crippen molar-refractivity contribution >= 4 is 23.9 Å². The molecule has 0 aromatic carbocycles. The number of hydrogen-bond donors (Lipinski definition) is 3. The molecule has 2 amide bonds. The van der Waals surface area contributed by atoms with E-state index in [0.29, 0.717) is 6.42 Å². The van der Waals surface area contributed by atoms with Gasteiger partial charge in [0.1, 0.15) is 6.04 Å². The number of methoxy groups -OCH3 is 1. The van der Waals surface area contributed by atoms with Crippen LogP contribution in [0.15, 0.2) is 0 Å². The number of nitrogens with zero attached hydrogens (tertiary/aromatic N) is 1. The molecule has 20 heavy (non-hydrogen) atoms. The number of carbonyl (C=O) groups excluding carboxylic acids is 2. The minimum absolute atomic E-state index is 0.123. The number of amides is 2. The lowest BCUT2D eigenvalue weighted by atomic mass is 10.1. The van der Waals surface area contributed by atoms with Crippen molar-refractivity contribution in [2.45, 2.75) is 18.9 Å². The van der Waals surface area contributed by atoms with Gasteiger partial charge in [-0.1, -0.05) is 0 Å². The summed E-state index contributed by atoms with van der Waals surface area (Å²) >= 11 is 0. The van der Waals surface area contributed by atoms with E-state index in [1.165, 1.54) is 12.0 Å². The molecule has 3 N–H and O–H groups in total. The van der Waals surface area contributed by atoms with Gasteiger partial charge >= 0.3 is 23.9 Å². The highest BCUT2D eigenvalue weighted by Gasteiger charge is 2.33. The van der Waals surface area contributed by atoms with Crippen LogP contribution in [0, 0.1) is 5.92 Å². The smallest absolute Gasteiger partial charge is 0.326 e. The monoisotopic (exact) mass is 288 g/mol. The van der Waals surface area contributed by atoms with Crippen LogP contribution in [0.25, 0.3) is 0 Å². The Balaban J connectivity index is 2.56. The third-order valence-corrected chi connectivity index (χ3v) is 2.98. The SMILES string of the molecule is COC(=O)C1CCN(C(=O)N[C@H](CC(=O)O)C(=O)O)C1. The van der Waals surface area contributed by atoms with Crippen molar-refractivity contribution in [3.63, 3.8) is 0 Å². The Bertz CT molecular complexity index is 423. The Hall–Kier alpha value is -2.32. The first kappa shape index (κ1) is 15.7. The summed E-state index contributed by atoms with van der Waals surface area (Å²) in [5.41, 5.74) is 0. The molecule has 0 saturated carbocycles. The molecule has 0 aromatic heterocycles. The van der Waals surface area contributed by atoms with Crippen LogP contribution in [0.1, 0.15) is 12.8 Å². The van der Waals surface area contributed by atoms with E-state index in [1.54, 1.807) is 0 Å². The van der Waals surface area contributed by atoms with Crippen molar-refractivity contribution in [1.29, 1.82) is 0 Å². The van der Waals surface area contributed by atoms with Gasteiger partial charge in [-0.2, -0.15) is 0 Å². The third kappa shape index (κ3) is 4.11. The van der Waals surface area contributed by atoms with Gasteiger partial charge in [-0.25, -0.2) is 9.59 Å². The average Bonchev–Trinajstić information content (AvgIpc) is 2.85. The molecule has 1 unspecified atom stereocenters. The highest BCUT2D eigenvalue weighted by molar-refractivity contribution is 5.86. The van der Waals surface area contributed by atoms with Crippen molar-refractivity contribution in [2.24, 2.45) is 5.92 Å². The van der Waals surface area contributed by atoms with Crippen LogP contribution in [0.3, 0.4) is 0 Å². The molecule has 1 heterocycles. The maximum atomic E-state index is 11.8. The number of urea groups is 1. The number of aliphatic carboxylic acids is 2. The summed E-state index contributed by atoms with van der Waals surface area (Å²) in [6.45, 7) is 0.406. The lowest BCUT2D eigenvalue weighted by molar-refractivity contribution is -0.145. The Morgan fingerprint density at radius 1 is 1.35 bits per heavy atom. The molecule has 0 bridgehead atoms. The summed E-state index contributed by atoms with van der Waals surface area (Å²) in [5, 5.41) is 19.5. The van der Waals surface area contributed by atoms with Gasteiger partial charge in [0.2, 0.25) is 0 Å². The predicted octanol–water partition coefficient (Wildman–Crippen LogP) is -0.881. The van der Waals surface area contributed by atoms with E-state index in [1.807, 2.05) is 0 Å². The van der Waals surface area contributed by atoms with Crippen molar-refractivity contribution in [2.75, 3.05) is 20.2 Å². The van der Waals surface area contributed by atoms with Crippen LogP contribution in [0.4, 0.5) is 4.79 Å². The molecular formula is C11H16N2O7. The van der Waals surface area contributed by atoms with Gasteiger partial charge in [0.15, 0.2) is 0 Å². The van der Waals surface area contributed by atoms with E-state index < -0.39 is 42.3 Å². The zero-order valence-corrected chi connectivity index (χ0v) is 10.9. The number of carbonyl (C=O) groups is 4. The summed E-state index contributed by atoms with van der Waals surface area (Å²) in [4.78, 5) is 45.7. The third-order valence-electron chi connectivity index (χ3n) is 2.98. The molecule has 9 heteroatoms. The lowest BCUT2D eigenvalue weighted by Gasteiger charge is -2.20. The number of hydrogen-bond acceptors (Lipinski definition) is 5. The van der Waals surface area contributed by atoms with Crippen LogP contribution >= 0.6 is 0 Å². The minimum Gasteiger partial charge on any atom is -0.481 e. The standard InChI is InChI=1S/C11H16N2O7/c1-20-10(18)6-2-3-13(5-6)11(19)12-7(9(16)17)4-8(14)15/h6-7H,2-5H2,1H3,(H,12,19)(H,14,15)(H,16,17)/t6?,7-/m1/s1. The van der Waals surface area contributed by atoms with E-state index in [0.717, 1.165) is 0 Å². The van der Waals surface area contributed by atoms with Gasteiger partial charge in [-0.3, -0.25) is 9.59 Å². The number of carboxylic acids is 2. The molecule has 1 saturated heterocycles. The predicted molar refractivity (Wildman–Crippen MR) is 63.9 cm³/mol. The minimum atomic E-state index is -1.50. The van der Waals surface area contributed by atoms with Gasteiger partial charge in [0, 0.05) is 13.1 Å². The maximum absolute atomic E-state index is 11.8. The zero-order valence-electron chi connectivity index (χ0n) is 10.9. The van der Waals surface area contributed by atoms with E-state index in [-0.39, 0.29) is 13.1 Å². The number of ether oxygens (including phenoxy) is 1. The largest absolute Gasteiger partial charge is 0.481 e. The molecule has 9 nitrogen and oxygen atoms in total. The molecule has 1 aliphatic rings. The summed E-state index contributed by atoms with van der Waals surface area (Å²) < 4.78 is 4.57. The average molecular weight is 288 g/mol. The van der Waals surface area contributed by atoms with Gasteiger partial charge in [0.25, 0.3) is 0 Å². The highest BCUT2D eigenvalue weighted by atomic mass is 16.5. The van der Waals surface area contributed by atoms with Crippen LogP contribution < -0.4 is 5.32 Å². The summed E-state index contributed by atoms with van der Waals surface area (Å²) in [6.07, 6.45) is -0.286. The molecule has 0 spiro atoms. The fourth-order valence-electron chi connectivity index (χ4n) is 1.92. The lowest BCUT2D eigenvalue weighted by Crippen LogP contribution is -2.48. The number of carboxylic acid groups (broad SMARTS) is 2. The van der Waals surface area contributed by atoms with E-state index in [2.05, 4.69) is 10.1 Å². The van der Waals surface area contributed by atoms with Crippen LogP contribution in [-0.4, -0.2) is 65.3 Å². The van der Waals surface area contributed by atoms with Crippen molar-refractivity contribution in [1.82, 2.24) is 10.2 Å². The highest BCUT2D eigenvalue weighted by Crippen LogP contribution is 2.17. The van der Waals surface area contributed by atoms with Crippen molar-refractivity contribution in [3.8, 4) is 0 Å². The topological polar surface area (TPSA) is 133 Å². The van der Waals surface area contributed by atoms with Gasteiger partial charge in [-0.15, -0.1) is 0 Å². The fraction of sp³-hybridized carbons (Fsp3) is 0.636. The Labute approximate surface area is 114 Å². The number of nitrogens with one attached hydrogen (secondary N) is 1. The maximum Gasteiger partial charge on any atom is 0.326 e. The summed E-state index contributed by atoms with van der Waals surface area (Å²) in [7, 11) is 1.25. The second-order valence-corrected chi connectivity index (χ2v) is 4.39. The first-order valence-electron chi connectivity index (χ1n) is 5.93. The molecule has 1 aliphatic heterocycles. The van der Waals surface area contributed by atoms with Crippen LogP contribution in [0.2, 0.25) is 0 Å². The van der Waals surface area contributed by atoms with E-state index in [9.17, 15) is 19.2 Å². The zero-order chi connectivity index (χ0) is 15.3. The molecule has 0 aromatic rings. The van der Waals surface area contributed by atoms with E-state index >= 15 is 0 Å². The summed E-state index contributed by atoms with van der Waals surface area (Å²) in [6, 6.07) is -2.21. The van der Waals surface area contributed by atoms with Crippen molar-refractivity contribution in [3.05, 3.63) is 0 Å². The Kier molecular flexibility index (Phi) is 5.30. The fourth-order valence-corrected chi connectivity index (χ4v) is 1.92. The molecule has 112 valence electrons. The summed E-state index contributed by atoms with van der Waals surface area (Å²) in [5.74, 6) is -3.62. The second kappa shape index (κ2) is 6.73. The quantitative estimate of drug-likeness (QED) is 0.559. The first-order chi connectivity index (χ1) is 9.35. The molecular weight excluding hydrogens is 272 g/mol. The van der Waals surface area contributed by atoms with E-state index in [4.69, 9.17) is 10.2 Å². The van der Waals surface area contributed by atoms with Crippen molar-refractivity contribution < 1.29 is 34.1 Å². The molecule has 2 atom stereocenters. The normalized spacial score (nSPS) is 19.2. The number of rotatable bonds is 5. The number of esters is 1. The molecule has 1 rings (SSSR count). The molecule has 1 fully saturated rings. The Morgan fingerprint density at radius 3 is 2.50 bits per heavy atom. The van der Waals surface area contributed by atoms with Gasteiger partial charge < -0.3 is 25.2 Å². The molecule has 0 radical (unpaired) electrons. The first-order valence-corrected chi connectivity index (χ1v) is 5.93. The van der Waals surface area contributed by atoms with Gasteiger partial charge in [-0.05, 0) is 6.42 Å². The second-order valence-electron chi connectivity index (χ2n) is 4.39. The molecule has 0 aliphatic carbocycles. The Morgan fingerprint density at radius 2 is 2.00 bits per heavy atom. The number of likely N-dealkylation sites (tertiary alicyclic amines) is 1.